The van der Waals surface area contributed by atoms with Gasteiger partial charge in [-0.3, -0.25) is 9.59 Å². The number of likely N-dealkylation sites (tertiary alicyclic amines) is 1. The van der Waals surface area contributed by atoms with Gasteiger partial charge in [-0.25, -0.2) is 0 Å². The molecule has 0 aromatic heterocycles. The third kappa shape index (κ3) is 5.65. The summed E-state index contributed by atoms with van der Waals surface area (Å²) in [6.07, 6.45) is 1.98. The fourth-order valence-electron chi connectivity index (χ4n) is 4.23. The molecule has 36 heavy (non-hydrogen) atoms. The van der Waals surface area contributed by atoms with Crippen LogP contribution < -0.4 is 14.2 Å². The zero-order valence-electron chi connectivity index (χ0n) is 22.0. The zero-order chi connectivity index (χ0) is 26.4. The van der Waals surface area contributed by atoms with E-state index in [1.54, 1.807) is 43.5 Å². The number of Topliss-reactive ketones (excluding diaryl/α,β-unsaturated/α-hetero) is 1. The molecule has 1 atom stereocenters. The highest BCUT2D eigenvalue weighted by atomic mass is 16.5. The molecule has 1 aliphatic rings. The van der Waals surface area contributed by atoms with Gasteiger partial charge in [0.25, 0.3) is 11.7 Å². The number of nitrogens with zero attached hydrogens (tertiary/aromatic N) is 2. The van der Waals surface area contributed by atoms with E-state index < -0.39 is 17.7 Å². The maximum atomic E-state index is 13.3. The first-order chi connectivity index (χ1) is 17.2. The SMILES string of the molecule is CCCCOc1ccc(C(O)=C2C(=O)C(=O)N(CCN(C)C)C2c2ccc(OC)c(OC)c2)cc1C. The predicted molar refractivity (Wildman–Crippen MR) is 139 cm³/mol. The Hall–Kier alpha value is -3.52. The van der Waals surface area contributed by atoms with Gasteiger partial charge in [0.05, 0.1) is 32.4 Å². The number of unbranched alkanes of at least 4 members (excludes halogenated alkanes) is 1. The van der Waals surface area contributed by atoms with Gasteiger partial charge >= 0.3 is 0 Å². The lowest BCUT2D eigenvalue weighted by atomic mass is 9.94. The first kappa shape index (κ1) is 27.1. The summed E-state index contributed by atoms with van der Waals surface area (Å²) in [5.74, 6) is 0.145. The van der Waals surface area contributed by atoms with Crippen LogP contribution in [0.5, 0.6) is 17.2 Å². The van der Waals surface area contributed by atoms with Crippen molar-refractivity contribution < 1.29 is 28.9 Å². The maximum Gasteiger partial charge on any atom is 0.295 e. The molecule has 1 aliphatic heterocycles. The molecule has 2 aromatic rings. The molecular weight excluding hydrogens is 460 g/mol. The Balaban J connectivity index is 2.11. The van der Waals surface area contributed by atoms with Crippen molar-refractivity contribution >= 4 is 17.4 Å². The van der Waals surface area contributed by atoms with Crippen molar-refractivity contribution in [3.63, 3.8) is 0 Å². The highest BCUT2D eigenvalue weighted by Crippen LogP contribution is 2.42. The van der Waals surface area contributed by atoms with E-state index in [-0.39, 0.29) is 11.3 Å². The summed E-state index contributed by atoms with van der Waals surface area (Å²) < 4.78 is 16.6. The van der Waals surface area contributed by atoms with E-state index in [4.69, 9.17) is 14.2 Å². The van der Waals surface area contributed by atoms with Gasteiger partial charge in [-0.05, 0) is 68.9 Å². The standard InChI is InChI=1S/C28H36N2O6/c1-7-8-15-36-21-11-10-20(16-18(21)2)26(31)24-25(19-9-12-22(34-5)23(17-19)35-6)30(14-13-29(3)4)28(33)27(24)32/h9-12,16-17,25,31H,7-8,13-15H2,1-6H3. The molecule has 1 N–H and O–H groups in total. The third-order valence-corrected chi connectivity index (χ3v) is 6.26. The number of methoxy groups -OCH3 is 2. The Bertz CT molecular complexity index is 1140. The number of aryl methyl sites for hydroxylation is 1. The second kappa shape index (κ2) is 11.9. The number of carbonyl (C=O) groups excluding carboxylic acids is 2. The van der Waals surface area contributed by atoms with E-state index in [1.165, 1.54) is 12.0 Å². The summed E-state index contributed by atoms with van der Waals surface area (Å²) in [7, 11) is 6.86. The van der Waals surface area contributed by atoms with Crippen molar-refractivity contribution in [3.8, 4) is 17.2 Å². The molecule has 1 fully saturated rings. The van der Waals surface area contributed by atoms with Gasteiger partial charge in [0, 0.05) is 18.7 Å². The Kier molecular flexibility index (Phi) is 8.98. The number of rotatable bonds is 11. The normalized spacial score (nSPS) is 17.1. The van der Waals surface area contributed by atoms with Gasteiger partial charge in [0.2, 0.25) is 0 Å². The van der Waals surface area contributed by atoms with Crippen molar-refractivity contribution in [1.82, 2.24) is 9.80 Å². The number of ether oxygens (including phenoxy) is 3. The van der Waals surface area contributed by atoms with Crippen LogP contribution in [0.4, 0.5) is 0 Å². The fraction of sp³-hybridized carbons (Fsp3) is 0.429. The molecule has 0 aliphatic carbocycles. The zero-order valence-corrected chi connectivity index (χ0v) is 22.0. The molecule has 8 nitrogen and oxygen atoms in total. The first-order valence-electron chi connectivity index (χ1n) is 12.1. The van der Waals surface area contributed by atoms with Crippen LogP contribution in [0, 0.1) is 6.92 Å². The van der Waals surface area contributed by atoms with Crippen LogP contribution in [-0.4, -0.2) is 74.6 Å². The Morgan fingerprint density at radius 1 is 1.03 bits per heavy atom. The fourth-order valence-corrected chi connectivity index (χ4v) is 4.23. The summed E-state index contributed by atoms with van der Waals surface area (Å²) in [6.45, 7) is 5.47. The maximum absolute atomic E-state index is 13.3. The lowest BCUT2D eigenvalue weighted by Gasteiger charge is -2.27. The smallest absolute Gasteiger partial charge is 0.295 e. The van der Waals surface area contributed by atoms with Crippen molar-refractivity contribution in [2.24, 2.45) is 0 Å². The summed E-state index contributed by atoms with van der Waals surface area (Å²) >= 11 is 0. The Morgan fingerprint density at radius 3 is 2.33 bits per heavy atom. The van der Waals surface area contributed by atoms with Crippen LogP contribution in [0.1, 0.15) is 42.5 Å². The van der Waals surface area contributed by atoms with Gasteiger partial charge in [-0.1, -0.05) is 19.4 Å². The summed E-state index contributed by atoms with van der Waals surface area (Å²) in [5.41, 5.74) is 1.97. The second-order valence-electron chi connectivity index (χ2n) is 9.09. The molecule has 1 heterocycles. The van der Waals surface area contributed by atoms with E-state index in [9.17, 15) is 14.7 Å². The van der Waals surface area contributed by atoms with Crippen LogP contribution in [-0.2, 0) is 9.59 Å². The molecular formula is C28H36N2O6. The lowest BCUT2D eigenvalue weighted by Crippen LogP contribution is -2.35. The minimum Gasteiger partial charge on any atom is -0.507 e. The number of aliphatic hydroxyl groups is 1. The molecule has 1 amide bonds. The van der Waals surface area contributed by atoms with Crippen LogP contribution >= 0.6 is 0 Å². The summed E-state index contributed by atoms with van der Waals surface area (Å²) in [4.78, 5) is 29.8. The van der Waals surface area contributed by atoms with Gasteiger partial charge < -0.3 is 29.1 Å². The van der Waals surface area contributed by atoms with E-state index in [0.717, 1.165) is 24.2 Å². The van der Waals surface area contributed by atoms with Crippen LogP contribution in [0.15, 0.2) is 42.0 Å². The van der Waals surface area contributed by atoms with Gasteiger partial charge in [-0.2, -0.15) is 0 Å². The largest absolute Gasteiger partial charge is 0.507 e. The highest BCUT2D eigenvalue weighted by molar-refractivity contribution is 6.46. The molecule has 2 aromatic carbocycles. The quantitative estimate of drug-likeness (QED) is 0.216. The second-order valence-corrected chi connectivity index (χ2v) is 9.09. The molecule has 3 rings (SSSR count). The number of hydrogen-bond acceptors (Lipinski definition) is 7. The molecule has 0 spiro atoms. The van der Waals surface area contributed by atoms with Crippen molar-refractivity contribution in [2.75, 3.05) is 48.0 Å². The molecule has 0 radical (unpaired) electrons. The summed E-state index contributed by atoms with van der Waals surface area (Å²) in [5, 5.41) is 11.4. The van der Waals surface area contributed by atoms with E-state index in [0.29, 0.717) is 42.3 Å². The number of hydrogen-bond donors (Lipinski definition) is 1. The van der Waals surface area contributed by atoms with E-state index in [2.05, 4.69) is 6.92 Å². The highest BCUT2D eigenvalue weighted by Gasteiger charge is 2.46. The monoisotopic (exact) mass is 496 g/mol. The topological polar surface area (TPSA) is 88.5 Å². The molecule has 8 heteroatoms. The number of carbonyl (C=O) groups is 2. The third-order valence-electron chi connectivity index (χ3n) is 6.26. The van der Waals surface area contributed by atoms with Crippen LogP contribution in [0.2, 0.25) is 0 Å². The molecule has 0 saturated carbocycles. The van der Waals surface area contributed by atoms with Crippen molar-refractivity contribution in [1.29, 1.82) is 0 Å². The summed E-state index contributed by atoms with van der Waals surface area (Å²) in [6, 6.07) is 9.74. The average molecular weight is 497 g/mol. The number of benzene rings is 2. The number of aliphatic hydroxyl groups excluding tert-OH is 1. The average Bonchev–Trinajstić information content (AvgIpc) is 3.12. The van der Waals surface area contributed by atoms with Crippen molar-refractivity contribution in [3.05, 3.63) is 58.7 Å². The van der Waals surface area contributed by atoms with Gasteiger partial charge in [-0.15, -0.1) is 0 Å². The molecule has 194 valence electrons. The van der Waals surface area contributed by atoms with Crippen molar-refractivity contribution in [2.45, 2.75) is 32.7 Å². The minimum atomic E-state index is -0.773. The Labute approximate surface area is 213 Å². The van der Waals surface area contributed by atoms with Crippen LogP contribution in [0.25, 0.3) is 5.76 Å². The van der Waals surface area contributed by atoms with Gasteiger partial charge in [0.15, 0.2) is 11.5 Å². The van der Waals surface area contributed by atoms with Gasteiger partial charge in [0.1, 0.15) is 11.5 Å². The molecule has 1 unspecified atom stereocenters. The predicted octanol–water partition coefficient (Wildman–Crippen LogP) is 4.17. The minimum absolute atomic E-state index is 0.0463. The molecule has 1 saturated heterocycles. The number of likely N-dealkylation sites (N-methyl/N-ethyl adjacent to an activating group) is 1. The molecule has 0 bridgehead atoms. The Morgan fingerprint density at radius 2 is 1.72 bits per heavy atom. The van der Waals surface area contributed by atoms with E-state index in [1.807, 2.05) is 25.9 Å². The number of ketones is 1. The number of amides is 1. The first-order valence-corrected chi connectivity index (χ1v) is 12.1. The van der Waals surface area contributed by atoms with Crippen LogP contribution in [0.3, 0.4) is 0 Å². The van der Waals surface area contributed by atoms with E-state index >= 15 is 0 Å². The lowest BCUT2D eigenvalue weighted by molar-refractivity contribution is -0.140.